The van der Waals surface area contributed by atoms with Crippen molar-refractivity contribution in [3.63, 3.8) is 0 Å². The van der Waals surface area contributed by atoms with Gasteiger partial charge in [0, 0.05) is 24.6 Å². The van der Waals surface area contributed by atoms with E-state index in [9.17, 15) is 19.5 Å². The highest BCUT2D eigenvalue weighted by atomic mass is 16.5. The number of rotatable bonds is 12. The third-order valence-corrected chi connectivity index (χ3v) is 5.78. The number of aryl methyl sites for hydroxylation is 1. The molecular weight excluding hydrogens is 402 g/mol. The van der Waals surface area contributed by atoms with E-state index >= 15 is 0 Å². The van der Waals surface area contributed by atoms with E-state index < -0.39 is 29.7 Å². The van der Waals surface area contributed by atoms with Crippen molar-refractivity contribution in [3.05, 3.63) is 32.6 Å². The van der Waals surface area contributed by atoms with E-state index in [1.54, 1.807) is 6.92 Å². The van der Waals surface area contributed by atoms with Crippen molar-refractivity contribution in [1.82, 2.24) is 9.55 Å². The Morgan fingerprint density at radius 2 is 2.00 bits per heavy atom. The molecule has 1 aliphatic heterocycles. The van der Waals surface area contributed by atoms with Crippen LogP contribution in [-0.4, -0.2) is 71.1 Å². The summed E-state index contributed by atoms with van der Waals surface area (Å²) >= 11 is 0. The molecule has 9 nitrogen and oxygen atoms in total. The maximum absolute atomic E-state index is 12.1. The fourth-order valence-corrected chi connectivity index (χ4v) is 3.78. The number of ether oxygens (including phenoxy) is 2. The van der Waals surface area contributed by atoms with E-state index in [1.807, 2.05) is 14.1 Å². The first-order valence-electron chi connectivity index (χ1n) is 11.3. The molecule has 2 N–H and O–H groups in total. The number of hydrogen-bond acceptors (Lipinski definition) is 6. The summed E-state index contributed by atoms with van der Waals surface area (Å²) in [4.78, 5) is 37.8. The van der Waals surface area contributed by atoms with Crippen LogP contribution < -0.4 is 11.2 Å². The molecule has 0 unspecified atom stereocenters. The molecule has 9 heteroatoms. The Bertz CT molecular complexity index is 831. The summed E-state index contributed by atoms with van der Waals surface area (Å²) < 4.78 is 13.1. The molecule has 2 rings (SSSR count). The van der Waals surface area contributed by atoms with Crippen molar-refractivity contribution in [1.29, 1.82) is 0 Å². The SMILES string of the molecule is CCCCCCCC(=O)OCC[N+](C)(C)C[C@H]1O[C@@H](n2cc(C)c(=O)[nH]c2=O)C[C@@H]1O. The summed E-state index contributed by atoms with van der Waals surface area (Å²) in [6.07, 6.45) is 5.82. The molecule has 0 spiro atoms. The number of nitrogens with zero attached hydrogens (tertiary/aromatic N) is 2. The fourth-order valence-electron chi connectivity index (χ4n) is 3.78. The second-order valence-electron chi connectivity index (χ2n) is 9.14. The van der Waals surface area contributed by atoms with Gasteiger partial charge in [0.2, 0.25) is 0 Å². The maximum Gasteiger partial charge on any atom is 0.330 e. The summed E-state index contributed by atoms with van der Waals surface area (Å²) in [6, 6.07) is 0. The average Bonchev–Trinajstić information content (AvgIpc) is 3.03. The summed E-state index contributed by atoms with van der Waals surface area (Å²) in [5.41, 5.74) is -0.571. The lowest BCUT2D eigenvalue weighted by Gasteiger charge is -2.32. The molecule has 0 amide bonds. The molecule has 1 aromatic rings. The molecule has 0 saturated carbocycles. The topological polar surface area (TPSA) is 111 Å². The van der Waals surface area contributed by atoms with Gasteiger partial charge in [0.15, 0.2) is 0 Å². The van der Waals surface area contributed by atoms with Gasteiger partial charge in [-0.05, 0) is 13.3 Å². The largest absolute Gasteiger partial charge is 0.460 e. The average molecular weight is 441 g/mol. The van der Waals surface area contributed by atoms with E-state index in [0.29, 0.717) is 36.2 Å². The molecule has 0 aromatic carbocycles. The van der Waals surface area contributed by atoms with Gasteiger partial charge in [0.25, 0.3) is 5.56 Å². The summed E-state index contributed by atoms with van der Waals surface area (Å²) in [5, 5.41) is 10.5. The molecule has 0 radical (unpaired) electrons. The molecular formula is C22H38N3O6+. The Morgan fingerprint density at radius 3 is 2.71 bits per heavy atom. The smallest absolute Gasteiger partial charge is 0.330 e. The van der Waals surface area contributed by atoms with Crippen LogP contribution in [0.2, 0.25) is 0 Å². The van der Waals surface area contributed by atoms with Gasteiger partial charge in [-0.15, -0.1) is 0 Å². The first-order chi connectivity index (χ1) is 14.6. The number of aliphatic hydroxyl groups excluding tert-OH is 1. The lowest BCUT2D eigenvalue weighted by molar-refractivity contribution is -0.893. The number of H-pyrrole nitrogens is 1. The van der Waals surface area contributed by atoms with Crippen LogP contribution in [0, 0.1) is 6.92 Å². The number of nitrogens with one attached hydrogen (secondary N) is 1. The van der Waals surface area contributed by atoms with Crippen LogP contribution in [0.4, 0.5) is 0 Å². The number of likely N-dealkylation sites (N-methyl/N-ethyl adjacent to an activating group) is 1. The maximum atomic E-state index is 12.1. The van der Waals surface area contributed by atoms with Gasteiger partial charge in [-0.2, -0.15) is 0 Å². The van der Waals surface area contributed by atoms with Crippen molar-refractivity contribution >= 4 is 5.97 Å². The van der Waals surface area contributed by atoms with Crippen LogP contribution in [0.3, 0.4) is 0 Å². The van der Waals surface area contributed by atoms with Crippen LogP contribution in [0.15, 0.2) is 15.8 Å². The highest BCUT2D eigenvalue weighted by Gasteiger charge is 2.39. The minimum atomic E-state index is -0.729. The van der Waals surface area contributed by atoms with E-state index in [-0.39, 0.29) is 12.4 Å². The van der Waals surface area contributed by atoms with Crippen LogP contribution >= 0.6 is 0 Å². The van der Waals surface area contributed by atoms with Gasteiger partial charge in [-0.1, -0.05) is 32.6 Å². The van der Waals surface area contributed by atoms with E-state index in [2.05, 4.69) is 11.9 Å². The summed E-state index contributed by atoms with van der Waals surface area (Å²) in [5.74, 6) is -0.165. The lowest BCUT2D eigenvalue weighted by Crippen LogP contribution is -2.49. The van der Waals surface area contributed by atoms with Gasteiger partial charge in [-0.25, -0.2) is 4.79 Å². The normalized spacial score (nSPS) is 21.4. The third kappa shape index (κ3) is 7.90. The predicted octanol–water partition coefficient (Wildman–Crippen LogP) is 1.47. The second kappa shape index (κ2) is 11.6. The zero-order valence-corrected chi connectivity index (χ0v) is 19.3. The number of aliphatic hydroxyl groups is 1. The zero-order valence-electron chi connectivity index (χ0n) is 19.3. The summed E-state index contributed by atoms with van der Waals surface area (Å²) in [7, 11) is 3.97. The Balaban J connectivity index is 1.79. The van der Waals surface area contributed by atoms with Gasteiger partial charge in [-0.3, -0.25) is 19.1 Å². The number of carbonyl (C=O) groups excluding carboxylic acids is 1. The van der Waals surface area contributed by atoms with Crippen LogP contribution in [0.25, 0.3) is 0 Å². The monoisotopic (exact) mass is 440 g/mol. The first-order valence-corrected chi connectivity index (χ1v) is 11.3. The number of aromatic amines is 1. The van der Waals surface area contributed by atoms with Gasteiger partial charge < -0.3 is 19.1 Å². The number of quaternary nitrogens is 1. The van der Waals surface area contributed by atoms with Gasteiger partial charge in [0.1, 0.15) is 32.0 Å². The van der Waals surface area contributed by atoms with E-state index in [0.717, 1.165) is 19.3 Å². The van der Waals surface area contributed by atoms with Gasteiger partial charge >= 0.3 is 11.7 Å². The minimum absolute atomic E-state index is 0.165. The fraction of sp³-hybridized carbons (Fsp3) is 0.773. The van der Waals surface area contributed by atoms with Crippen LogP contribution in [0.5, 0.6) is 0 Å². The van der Waals surface area contributed by atoms with Gasteiger partial charge in [0.05, 0.1) is 20.2 Å². The number of esters is 1. The molecule has 1 aromatic heterocycles. The van der Waals surface area contributed by atoms with Crippen LogP contribution in [0.1, 0.15) is 63.7 Å². The van der Waals surface area contributed by atoms with Crippen molar-refractivity contribution < 1.29 is 23.9 Å². The van der Waals surface area contributed by atoms with Crippen molar-refractivity contribution in [2.24, 2.45) is 0 Å². The standard InChI is InChI=1S/C22H37N3O6/c1-5-6-7-8-9-10-20(27)30-12-11-25(3,4)15-18-17(26)13-19(31-18)24-14-16(2)21(28)23-22(24)29/h14,17-19,26H,5-13,15H2,1-4H3/p+1/t17-,18+,19+/m0/s1. The van der Waals surface area contributed by atoms with Crippen molar-refractivity contribution in [3.8, 4) is 0 Å². The third-order valence-electron chi connectivity index (χ3n) is 5.78. The lowest BCUT2D eigenvalue weighted by atomic mass is 10.1. The zero-order chi connectivity index (χ0) is 23.0. The number of hydrogen-bond donors (Lipinski definition) is 2. The van der Waals surface area contributed by atoms with E-state index in [4.69, 9.17) is 9.47 Å². The highest BCUT2D eigenvalue weighted by Crippen LogP contribution is 2.28. The van der Waals surface area contributed by atoms with E-state index in [1.165, 1.54) is 23.6 Å². The highest BCUT2D eigenvalue weighted by molar-refractivity contribution is 5.69. The van der Waals surface area contributed by atoms with Crippen molar-refractivity contribution in [2.75, 3.05) is 33.8 Å². The molecule has 1 fully saturated rings. The summed E-state index contributed by atoms with van der Waals surface area (Å²) in [6.45, 7) is 5.18. The second-order valence-corrected chi connectivity index (χ2v) is 9.14. The molecule has 0 aliphatic carbocycles. The molecule has 176 valence electrons. The Labute approximate surface area is 183 Å². The minimum Gasteiger partial charge on any atom is -0.460 e. The molecule has 1 saturated heterocycles. The Kier molecular flexibility index (Phi) is 9.46. The van der Waals surface area contributed by atoms with Crippen LogP contribution in [-0.2, 0) is 14.3 Å². The number of carbonyl (C=O) groups is 1. The van der Waals surface area contributed by atoms with Crippen molar-refractivity contribution in [2.45, 2.75) is 77.2 Å². The molecule has 2 heterocycles. The number of unbranched alkanes of at least 4 members (excludes halogenated alkanes) is 4. The molecule has 1 aliphatic rings. The quantitative estimate of drug-likeness (QED) is 0.289. The Morgan fingerprint density at radius 1 is 1.29 bits per heavy atom. The molecule has 3 atom stereocenters. The molecule has 31 heavy (non-hydrogen) atoms. The molecule has 0 bridgehead atoms. The number of aromatic nitrogens is 2. The Hall–Kier alpha value is -1.97. The predicted molar refractivity (Wildman–Crippen MR) is 117 cm³/mol. The first kappa shape index (κ1) is 25.3.